The first-order chi connectivity index (χ1) is 19.2. The minimum absolute atomic E-state index is 0.0496. The average Bonchev–Trinajstić information content (AvgIpc) is 3.31. The Morgan fingerprint density at radius 1 is 0.976 bits per heavy atom. The smallest absolute Gasteiger partial charge is 0.342 e. The summed E-state index contributed by atoms with van der Waals surface area (Å²) >= 11 is 13.5. The first-order valence-corrected chi connectivity index (χ1v) is 14.8. The number of rotatable bonds is 7. The van der Waals surface area contributed by atoms with Gasteiger partial charge in [-0.3, -0.25) is 4.79 Å². The zero-order chi connectivity index (χ0) is 29.9. The quantitative estimate of drug-likeness (QED) is 0.107. The molecule has 0 fully saturated rings. The van der Waals surface area contributed by atoms with Crippen LogP contribution < -0.4 is 15.1 Å². The molecule has 7 nitrogen and oxygen atoms in total. The molecular weight excluding hydrogens is 577 g/mol. The van der Waals surface area contributed by atoms with E-state index in [1.165, 1.54) is 11.8 Å². The van der Waals surface area contributed by atoms with Gasteiger partial charge in [0.05, 0.1) is 22.6 Å². The van der Waals surface area contributed by atoms with Gasteiger partial charge in [-0.1, -0.05) is 76.9 Å². The van der Waals surface area contributed by atoms with Crippen molar-refractivity contribution in [1.82, 2.24) is 15.6 Å². The standard InChI is InChI=1S/C31H33Cl2N5O2S/c1-30(2,3)24-15-19(16-25(27(24)40)31(4,5)6)17-34-35-26(39)18-41-29-37-36-28(20-7-9-21(32)10-8-20)38(29)23-13-11-22(33)12-14-23/h7-17H,18H2,1-6H3,(H2,34,35,39,40). The highest BCUT2D eigenvalue weighted by Crippen LogP contribution is 2.37. The fourth-order valence-electron chi connectivity index (χ4n) is 4.21. The second kappa shape index (κ2) is 12.3. The Balaban J connectivity index is 1.52. The Bertz CT molecular complexity index is 1530. The Labute approximate surface area is 255 Å². The number of nitrogens with one attached hydrogen (secondary N) is 2. The molecule has 1 heterocycles. The van der Waals surface area contributed by atoms with Crippen LogP contribution in [0, 0.1) is 0 Å². The maximum atomic E-state index is 13.1. The van der Waals surface area contributed by atoms with E-state index in [1.807, 2.05) is 94.6 Å². The maximum Gasteiger partial charge on any atom is 0.342 e. The first-order valence-electron chi connectivity index (χ1n) is 13.1. The van der Waals surface area contributed by atoms with E-state index in [0.29, 0.717) is 15.2 Å². The molecule has 0 saturated heterocycles. The molecule has 0 aliphatic carbocycles. The molecule has 4 rings (SSSR count). The van der Waals surface area contributed by atoms with E-state index in [9.17, 15) is 9.90 Å². The summed E-state index contributed by atoms with van der Waals surface area (Å²) < 4.78 is 1.92. The van der Waals surface area contributed by atoms with Crippen LogP contribution in [0.25, 0.3) is 17.1 Å². The lowest BCUT2D eigenvalue weighted by molar-refractivity contribution is -0.625. The van der Waals surface area contributed by atoms with Crippen LogP contribution in [-0.2, 0) is 15.6 Å². The van der Waals surface area contributed by atoms with Crippen molar-refractivity contribution >= 4 is 47.1 Å². The number of H-pyrrole nitrogens is 1. The zero-order valence-corrected chi connectivity index (χ0v) is 26.2. The number of aromatic nitrogens is 3. The van der Waals surface area contributed by atoms with E-state index < -0.39 is 0 Å². The number of hydrogen-bond donors (Lipinski definition) is 2. The summed E-state index contributed by atoms with van der Waals surface area (Å²) in [6.07, 6.45) is 1.58. The minimum atomic E-state index is -0.325. The number of thioether (sulfide) groups is 1. The van der Waals surface area contributed by atoms with Gasteiger partial charge >= 0.3 is 5.16 Å². The molecular formula is C31H33Cl2N5O2S. The van der Waals surface area contributed by atoms with Gasteiger partial charge in [0.1, 0.15) is 5.69 Å². The van der Waals surface area contributed by atoms with Crippen LogP contribution in [0.5, 0.6) is 5.75 Å². The van der Waals surface area contributed by atoms with Crippen LogP contribution in [0.2, 0.25) is 10.0 Å². The van der Waals surface area contributed by atoms with Gasteiger partial charge in [-0.05, 0) is 87.8 Å². The van der Waals surface area contributed by atoms with Crippen LogP contribution >= 0.6 is 35.0 Å². The molecule has 0 spiro atoms. The van der Waals surface area contributed by atoms with Gasteiger partial charge in [-0.2, -0.15) is 9.67 Å². The van der Waals surface area contributed by atoms with Gasteiger partial charge in [-0.25, -0.2) is 5.43 Å². The Morgan fingerprint density at radius 2 is 1.51 bits per heavy atom. The SMILES string of the molecule is CC(C)(C)c1cc(/C=N/NC(=O)CSc2n[nH]c(-c3ccc(Cl)cc3)[n+]2-c2ccc(Cl)cc2)cc(C(C)(C)C)c1[O-]. The average molecular weight is 611 g/mol. The molecule has 1 aromatic heterocycles. The molecule has 41 heavy (non-hydrogen) atoms. The summed E-state index contributed by atoms with van der Waals surface area (Å²) in [5, 5.41) is 26.7. The van der Waals surface area contributed by atoms with Gasteiger partial charge < -0.3 is 5.11 Å². The maximum absolute atomic E-state index is 13.1. The molecule has 214 valence electrons. The van der Waals surface area contributed by atoms with E-state index in [4.69, 9.17) is 23.2 Å². The molecule has 3 aromatic carbocycles. The zero-order valence-electron chi connectivity index (χ0n) is 23.9. The third kappa shape index (κ3) is 7.50. The molecule has 1 amide bonds. The second-order valence-electron chi connectivity index (χ2n) is 11.7. The summed E-state index contributed by atoms with van der Waals surface area (Å²) in [6, 6.07) is 18.5. The van der Waals surface area contributed by atoms with Crippen molar-refractivity contribution in [2.45, 2.75) is 57.5 Å². The van der Waals surface area contributed by atoms with Gasteiger partial charge in [0, 0.05) is 10.0 Å². The van der Waals surface area contributed by atoms with Gasteiger partial charge in [0.15, 0.2) is 0 Å². The number of benzene rings is 3. The number of nitrogens with zero attached hydrogens (tertiary/aromatic N) is 3. The lowest BCUT2D eigenvalue weighted by Gasteiger charge is -2.33. The fourth-order valence-corrected chi connectivity index (χ4v) is 5.22. The van der Waals surface area contributed by atoms with Crippen LogP contribution in [0.3, 0.4) is 0 Å². The van der Waals surface area contributed by atoms with Crippen molar-refractivity contribution < 1.29 is 14.5 Å². The van der Waals surface area contributed by atoms with Crippen molar-refractivity contribution in [2.24, 2.45) is 5.10 Å². The third-order valence-electron chi connectivity index (χ3n) is 6.34. The molecule has 4 aromatic rings. The van der Waals surface area contributed by atoms with Crippen molar-refractivity contribution in [3.8, 4) is 22.8 Å². The second-order valence-corrected chi connectivity index (χ2v) is 13.5. The van der Waals surface area contributed by atoms with Crippen LogP contribution in [0.15, 0.2) is 70.9 Å². The number of halogens is 2. The lowest BCUT2D eigenvalue weighted by Crippen LogP contribution is -2.34. The molecule has 0 aliphatic rings. The highest BCUT2D eigenvalue weighted by Gasteiger charge is 2.25. The van der Waals surface area contributed by atoms with Crippen LogP contribution in [0.4, 0.5) is 0 Å². The summed E-state index contributed by atoms with van der Waals surface area (Å²) in [7, 11) is 0. The molecule has 10 heteroatoms. The highest BCUT2D eigenvalue weighted by molar-refractivity contribution is 7.99. The Kier molecular flexibility index (Phi) is 9.16. The molecule has 0 unspecified atom stereocenters. The molecule has 0 bridgehead atoms. The summed E-state index contributed by atoms with van der Waals surface area (Å²) in [5.74, 6) is 0.567. The van der Waals surface area contributed by atoms with Crippen LogP contribution in [-0.4, -0.2) is 28.1 Å². The van der Waals surface area contributed by atoms with Gasteiger partial charge in [0.2, 0.25) is 0 Å². The number of carbonyl (C=O) groups is 1. The number of carbonyl (C=O) groups excluding carboxylic acids is 1. The molecule has 0 atom stereocenters. The van der Waals surface area contributed by atoms with Crippen molar-refractivity contribution in [3.05, 3.63) is 87.4 Å². The molecule has 0 radical (unpaired) electrons. The van der Waals surface area contributed by atoms with Gasteiger partial charge in [-0.15, -0.1) is 10.8 Å². The molecule has 2 N–H and O–H groups in total. The molecule has 0 saturated carbocycles. The van der Waals surface area contributed by atoms with Crippen molar-refractivity contribution in [1.29, 1.82) is 0 Å². The van der Waals surface area contributed by atoms with E-state index in [1.54, 1.807) is 18.3 Å². The number of aromatic amines is 1. The summed E-state index contributed by atoms with van der Waals surface area (Å²) in [5.41, 5.74) is 5.85. The Morgan fingerprint density at radius 3 is 2.05 bits per heavy atom. The van der Waals surface area contributed by atoms with Crippen molar-refractivity contribution in [2.75, 3.05) is 5.75 Å². The Hall–Kier alpha value is -3.33. The monoisotopic (exact) mass is 609 g/mol. The molecule has 0 aliphatic heterocycles. The minimum Gasteiger partial charge on any atom is -0.872 e. The van der Waals surface area contributed by atoms with E-state index in [0.717, 1.165) is 33.8 Å². The highest BCUT2D eigenvalue weighted by atomic mass is 35.5. The van der Waals surface area contributed by atoms with E-state index >= 15 is 0 Å². The third-order valence-corrected chi connectivity index (χ3v) is 7.78. The summed E-state index contributed by atoms with van der Waals surface area (Å²) in [4.78, 5) is 12.7. The van der Waals surface area contributed by atoms with Gasteiger partial charge in [0.25, 0.3) is 11.7 Å². The largest absolute Gasteiger partial charge is 0.872 e. The number of amides is 1. The number of hydrazone groups is 1. The predicted molar refractivity (Wildman–Crippen MR) is 165 cm³/mol. The fraction of sp³-hybridized carbons (Fsp3) is 0.290. The summed E-state index contributed by atoms with van der Waals surface area (Å²) in [6.45, 7) is 12.1. The van der Waals surface area contributed by atoms with E-state index in [2.05, 4.69) is 20.7 Å². The lowest BCUT2D eigenvalue weighted by atomic mass is 9.78. The van der Waals surface area contributed by atoms with Crippen LogP contribution in [0.1, 0.15) is 58.2 Å². The normalized spacial score (nSPS) is 12.2. The number of hydrogen-bond acceptors (Lipinski definition) is 5. The first kappa shape index (κ1) is 30.6. The predicted octanol–water partition coefficient (Wildman–Crippen LogP) is 6.57. The van der Waals surface area contributed by atoms with E-state index in [-0.39, 0.29) is 28.2 Å². The van der Waals surface area contributed by atoms with Crippen molar-refractivity contribution in [3.63, 3.8) is 0 Å². The topological polar surface area (TPSA) is 97.1 Å².